The van der Waals surface area contributed by atoms with Crippen molar-refractivity contribution in [1.29, 1.82) is 0 Å². The summed E-state index contributed by atoms with van der Waals surface area (Å²) in [5.74, 6) is 1.61. The molecule has 0 saturated carbocycles. The zero-order chi connectivity index (χ0) is 24.8. The van der Waals surface area contributed by atoms with Crippen LogP contribution in [0.15, 0.2) is 47.9 Å². The molecule has 1 aliphatic heterocycles. The van der Waals surface area contributed by atoms with E-state index in [1.165, 1.54) is 0 Å². The number of benzene rings is 2. The fourth-order valence-corrected chi connectivity index (χ4v) is 4.90. The Balaban J connectivity index is 1.31. The van der Waals surface area contributed by atoms with E-state index in [1.807, 2.05) is 41.3 Å². The van der Waals surface area contributed by atoms with Crippen LogP contribution in [-0.4, -0.2) is 68.2 Å². The number of rotatable bonds is 8. The van der Waals surface area contributed by atoms with Crippen molar-refractivity contribution in [3.05, 3.63) is 63.4 Å². The first-order chi connectivity index (χ1) is 17.0. The van der Waals surface area contributed by atoms with Gasteiger partial charge in [-0.25, -0.2) is 4.98 Å². The van der Waals surface area contributed by atoms with Crippen LogP contribution in [0.3, 0.4) is 0 Å². The van der Waals surface area contributed by atoms with Crippen molar-refractivity contribution >= 4 is 34.9 Å². The summed E-state index contributed by atoms with van der Waals surface area (Å²) in [4.78, 5) is 21.7. The van der Waals surface area contributed by atoms with Crippen LogP contribution in [0, 0.1) is 0 Å². The summed E-state index contributed by atoms with van der Waals surface area (Å²) in [6.45, 7) is 3.74. The number of hydrogen-bond donors (Lipinski definition) is 0. The van der Waals surface area contributed by atoms with Gasteiger partial charge in [-0.05, 0) is 35.9 Å². The van der Waals surface area contributed by atoms with E-state index in [0.29, 0.717) is 30.3 Å². The van der Waals surface area contributed by atoms with Gasteiger partial charge in [-0.3, -0.25) is 9.69 Å². The average Bonchev–Trinajstić information content (AvgIpc) is 3.35. The highest BCUT2D eigenvalue weighted by atomic mass is 35.5. The minimum Gasteiger partial charge on any atom is -0.493 e. The van der Waals surface area contributed by atoms with E-state index in [0.717, 1.165) is 46.5 Å². The molecule has 184 valence electrons. The van der Waals surface area contributed by atoms with Crippen LogP contribution < -0.4 is 14.2 Å². The van der Waals surface area contributed by atoms with Gasteiger partial charge in [0.1, 0.15) is 5.01 Å². The predicted molar refractivity (Wildman–Crippen MR) is 140 cm³/mol. The summed E-state index contributed by atoms with van der Waals surface area (Å²) in [6.07, 6.45) is 3.36. The summed E-state index contributed by atoms with van der Waals surface area (Å²) < 4.78 is 16.1. The third-order valence-electron chi connectivity index (χ3n) is 5.84. The van der Waals surface area contributed by atoms with Gasteiger partial charge < -0.3 is 19.1 Å². The normalized spacial score (nSPS) is 14.3. The average molecular weight is 514 g/mol. The third-order valence-corrected chi connectivity index (χ3v) is 6.93. The monoisotopic (exact) mass is 513 g/mol. The summed E-state index contributed by atoms with van der Waals surface area (Å²) >= 11 is 7.64. The summed E-state index contributed by atoms with van der Waals surface area (Å²) in [7, 11) is 4.70. The molecule has 1 aliphatic rings. The van der Waals surface area contributed by atoms with Gasteiger partial charge in [0.05, 0.1) is 33.6 Å². The van der Waals surface area contributed by atoms with Crippen LogP contribution >= 0.6 is 22.9 Å². The van der Waals surface area contributed by atoms with Crippen LogP contribution in [0.4, 0.5) is 0 Å². The highest BCUT2D eigenvalue weighted by Crippen LogP contribution is 2.38. The molecule has 1 saturated heterocycles. The van der Waals surface area contributed by atoms with Crippen molar-refractivity contribution < 1.29 is 19.0 Å². The van der Waals surface area contributed by atoms with Crippen molar-refractivity contribution in [3.63, 3.8) is 0 Å². The number of aromatic nitrogens is 1. The van der Waals surface area contributed by atoms with Crippen LogP contribution in [0.5, 0.6) is 17.2 Å². The summed E-state index contributed by atoms with van der Waals surface area (Å²) in [6, 6.07) is 11.4. The second kappa shape index (κ2) is 11.6. The third kappa shape index (κ3) is 6.14. The number of halogens is 1. The molecule has 1 aromatic heterocycles. The molecule has 0 bridgehead atoms. The van der Waals surface area contributed by atoms with Crippen LogP contribution in [0.2, 0.25) is 5.02 Å². The van der Waals surface area contributed by atoms with Gasteiger partial charge in [0, 0.05) is 48.2 Å². The van der Waals surface area contributed by atoms with Crippen LogP contribution in [0.25, 0.3) is 17.3 Å². The van der Waals surface area contributed by atoms with Crippen molar-refractivity contribution in [2.45, 2.75) is 6.54 Å². The van der Waals surface area contributed by atoms with Crippen molar-refractivity contribution in [1.82, 2.24) is 14.8 Å². The molecular formula is C26H28ClN3O4S. The van der Waals surface area contributed by atoms with E-state index < -0.39 is 0 Å². The molecule has 0 aliphatic carbocycles. The maximum absolute atomic E-state index is 12.8. The number of methoxy groups -OCH3 is 3. The number of nitrogens with zero attached hydrogens (tertiary/aromatic N) is 3. The SMILES string of the molecule is COc1cc(/C=C/C(=O)N2CCN(Cc3nc(-c4ccc(Cl)cc4)cs3)CC2)cc(OC)c1OC. The Hall–Kier alpha value is -3.07. The van der Waals surface area contributed by atoms with E-state index in [9.17, 15) is 4.79 Å². The maximum Gasteiger partial charge on any atom is 0.246 e. The molecule has 3 aromatic rings. The number of hydrogen-bond acceptors (Lipinski definition) is 7. The zero-order valence-corrected chi connectivity index (χ0v) is 21.6. The lowest BCUT2D eigenvalue weighted by atomic mass is 10.1. The lowest BCUT2D eigenvalue weighted by Gasteiger charge is -2.33. The number of piperazine rings is 1. The first kappa shape index (κ1) is 25.0. The molecule has 1 amide bonds. The lowest BCUT2D eigenvalue weighted by Crippen LogP contribution is -2.47. The summed E-state index contributed by atoms with van der Waals surface area (Å²) in [5, 5.41) is 3.86. The minimum absolute atomic E-state index is 0.0160. The van der Waals surface area contributed by atoms with Crippen molar-refractivity contribution in [2.24, 2.45) is 0 Å². The second-order valence-corrected chi connectivity index (χ2v) is 9.41. The van der Waals surface area contributed by atoms with Crippen LogP contribution in [-0.2, 0) is 11.3 Å². The number of amides is 1. The standard InChI is InChI=1S/C26H28ClN3O4S/c1-32-22-14-18(15-23(33-2)26(22)34-3)4-9-25(31)30-12-10-29(11-13-30)16-24-28-21(17-35-24)19-5-7-20(27)8-6-19/h4-9,14-15,17H,10-13,16H2,1-3H3/b9-4+. The van der Waals surface area contributed by atoms with Gasteiger partial charge >= 0.3 is 0 Å². The molecule has 2 heterocycles. The predicted octanol–water partition coefficient (Wildman–Crippen LogP) is 4.85. The molecule has 7 nitrogen and oxygen atoms in total. The highest BCUT2D eigenvalue weighted by molar-refractivity contribution is 7.09. The van der Waals surface area contributed by atoms with Gasteiger partial charge in [-0.2, -0.15) is 0 Å². The van der Waals surface area contributed by atoms with Crippen molar-refractivity contribution in [3.8, 4) is 28.5 Å². The molecule has 0 unspecified atom stereocenters. The first-order valence-electron chi connectivity index (χ1n) is 11.2. The second-order valence-electron chi connectivity index (χ2n) is 8.03. The lowest BCUT2D eigenvalue weighted by molar-refractivity contribution is -0.127. The molecule has 2 aromatic carbocycles. The molecule has 0 spiro atoms. The Morgan fingerprint density at radius 2 is 1.69 bits per heavy atom. The Morgan fingerprint density at radius 3 is 2.29 bits per heavy atom. The highest BCUT2D eigenvalue weighted by Gasteiger charge is 2.21. The molecule has 9 heteroatoms. The van der Waals surface area contributed by atoms with E-state index >= 15 is 0 Å². The fraction of sp³-hybridized carbons (Fsp3) is 0.308. The topological polar surface area (TPSA) is 64.1 Å². The zero-order valence-electron chi connectivity index (χ0n) is 20.0. The largest absolute Gasteiger partial charge is 0.493 e. The molecular weight excluding hydrogens is 486 g/mol. The maximum atomic E-state index is 12.8. The Morgan fingerprint density at radius 1 is 1.03 bits per heavy atom. The summed E-state index contributed by atoms with van der Waals surface area (Å²) in [5.41, 5.74) is 2.82. The molecule has 0 radical (unpaired) electrons. The number of carbonyl (C=O) groups is 1. The van der Waals surface area contributed by atoms with Gasteiger partial charge in [-0.15, -0.1) is 11.3 Å². The number of ether oxygens (including phenoxy) is 3. The van der Waals surface area contributed by atoms with Crippen LogP contribution in [0.1, 0.15) is 10.6 Å². The fourth-order valence-electron chi connectivity index (χ4n) is 3.92. The Labute approximate surface area is 214 Å². The molecule has 0 atom stereocenters. The van der Waals surface area contributed by atoms with Crippen molar-refractivity contribution in [2.75, 3.05) is 47.5 Å². The van der Waals surface area contributed by atoms with Gasteiger partial charge in [0.25, 0.3) is 0 Å². The van der Waals surface area contributed by atoms with E-state index in [1.54, 1.807) is 44.8 Å². The number of thiazole rings is 1. The molecule has 0 N–H and O–H groups in total. The van der Waals surface area contributed by atoms with E-state index in [2.05, 4.69) is 10.3 Å². The van der Waals surface area contributed by atoms with E-state index in [-0.39, 0.29) is 5.91 Å². The van der Waals surface area contributed by atoms with Gasteiger partial charge in [0.2, 0.25) is 11.7 Å². The van der Waals surface area contributed by atoms with Gasteiger partial charge in [-0.1, -0.05) is 23.7 Å². The quantitative estimate of drug-likeness (QED) is 0.401. The van der Waals surface area contributed by atoms with E-state index in [4.69, 9.17) is 30.8 Å². The molecule has 4 rings (SSSR count). The Kier molecular flexibility index (Phi) is 8.28. The smallest absolute Gasteiger partial charge is 0.246 e. The molecule has 1 fully saturated rings. The molecule has 35 heavy (non-hydrogen) atoms. The van der Waals surface area contributed by atoms with Gasteiger partial charge in [0.15, 0.2) is 11.5 Å². The Bertz CT molecular complexity index is 1160. The first-order valence-corrected chi connectivity index (χ1v) is 12.5. The number of carbonyl (C=O) groups excluding carboxylic acids is 1. The minimum atomic E-state index is -0.0160.